The van der Waals surface area contributed by atoms with Crippen molar-refractivity contribution in [1.29, 1.82) is 0 Å². The van der Waals surface area contributed by atoms with Gasteiger partial charge in [-0.3, -0.25) is 9.36 Å². The number of carbonyl (C=O) groups is 1. The van der Waals surface area contributed by atoms with Gasteiger partial charge in [-0.15, -0.1) is 11.3 Å². The molecule has 0 aliphatic heterocycles. The van der Waals surface area contributed by atoms with Crippen LogP contribution in [0.15, 0.2) is 59.0 Å². The minimum absolute atomic E-state index is 0.173. The molecule has 0 amide bonds. The van der Waals surface area contributed by atoms with Gasteiger partial charge in [0.25, 0.3) is 5.56 Å². The van der Waals surface area contributed by atoms with Crippen molar-refractivity contribution in [3.63, 3.8) is 0 Å². The molecule has 28 heavy (non-hydrogen) atoms. The summed E-state index contributed by atoms with van der Waals surface area (Å²) in [5.74, 6) is -2.07. The first-order valence-electron chi connectivity index (χ1n) is 8.71. The second-order valence-corrected chi connectivity index (χ2v) is 6.60. The molecule has 0 saturated carbocycles. The number of aromatic hydroxyl groups is 1. The van der Waals surface area contributed by atoms with Crippen molar-refractivity contribution in [3.05, 3.63) is 75.7 Å². The molecule has 0 atom stereocenters. The van der Waals surface area contributed by atoms with Gasteiger partial charge in [0.15, 0.2) is 5.75 Å². The van der Waals surface area contributed by atoms with E-state index in [0.29, 0.717) is 10.2 Å². The van der Waals surface area contributed by atoms with E-state index in [1.54, 1.807) is 28.5 Å². The monoisotopic (exact) mass is 397 g/mol. The second-order valence-electron chi connectivity index (χ2n) is 5.68. The molecule has 4 rings (SSSR count). The molecule has 8 heteroatoms. The number of hydrogen-bond donors (Lipinski definition) is 2. The van der Waals surface area contributed by atoms with Gasteiger partial charge in [-0.1, -0.05) is 32.0 Å². The lowest BCUT2D eigenvalue weighted by atomic mass is 10.2. The average Bonchev–Trinajstić information content (AvgIpc) is 3.37. The summed E-state index contributed by atoms with van der Waals surface area (Å²) in [6.07, 6.45) is 3.43. The molecule has 0 spiro atoms. The lowest BCUT2D eigenvalue weighted by molar-refractivity contribution is 0.0695. The van der Waals surface area contributed by atoms with Gasteiger partial charge in [0.1, 0.15) is 5.56 Å². The highest BCUT2D eigenvalue weighted by Crippen LogP contribution is 2.29. The van der Waals surface area contributed by atoms with Crippen LogP contribution in [0.4, 0.5) is 0 Å². The van der Waals surface area contributed by atoms with Crippen molar-refractivity contribution >= 4 is 27.5 Å². The second kappa shape index (κ2) is 8.10. The number of pyridine rings is 1. The minimum Gasteiger partial charge on any atom is -0.502 e. The molecular formula is C20H19N3O4S. The molecule has 0 unspecified atom stereocenters. The third-order valence-corrected chi connectivity index (χ3v) is 4.98. The SMILES string of the molecule is CC.O=C(O)c1c(O)c(=O)n(Cc2cnn(-c3ccccc3)c2)c2ccsc12. The topological polar surface area (TPSA) is 97.3 Å². The van der Waals surface area contributed by atoms with Crippen LogP contribution >= 0.6 is 11.3 Å². The van der Waals surface area contributed by atoms with Crippen molar-refractivity contribution in [2.75, 3.05) is 0 Å². The van der Waals surface area contributed by atoms with Crippen molar-refractivity contribution in [3.8, 4) is 11.4 Å². The summed E-state index contributed by atoms with van der Waals surface area (Å²) in [5.41, 5.74) is 1.03. The van der Waals surface area contributed by atoms with Gasteiger partial charge in [-0.05, 0) is 23.6 Å². The van der Waals surface area contributed by atoms with Crippen LogP contribution in [0.2, 0.25) is 0 Å². The maximum absolute atomic E-state index is 12.5. The van der Waals surface area contributed by atoms with Crippen LogP contribution in [-0.2, 0) is 6.54 Å². The molecule has 3 heterocycles. The van der Waals surface area contributed by atoms with E-state index < -0.39 is 17.3 Å². The Balaban J connectivity index is 0.00000109. The molecular weight excluding hydrogens is 378 g/mol. The highest BCUT2D eigenvalue weighted by atomic mass is 32.1. The molecule has 4 aromatic rings. The quantitative estimate of drug-likeness (QED) is 0.547. The normalized spacial score (nSPS) is 10.5. The Kier molecular flexibility index (Phi) is 5.60. The van der Waals surface area contributed by atoms with Gasteiger partial charge in [-0.25, -0.2) is 9.48 Å². The molecule has 0 aliphatic rings. The van der Waals surface area contributed by atoms with Crippen molar-refractivity contribution in [2.45, 2.75) is 20.4 Å². The summed E-state index contributed by atoms with van der Waals surface area (Å²) in [6.45, 7) is 4.17. The summed E-state index contributed by atoms with van der Waals surface area (Å²) in [5, 5.41) is 25.4. The smallest absolute Gasteiger partial charge is 0.341 e. The van der Waals surface area contributed by atoms with E-state index >= 15 is 0 Å². The molecule has 0 bridgehead atoms. The Bertz CT molecular complexity index is 1180. The van der Waals surface area contributed by atoms with E-state index in [1.165, 1.54) is 15.9 Å². The van der Waals surface area contributed by atoms with Crippen LogP contribution in [0.5, 0.6) is 5.75 Å². The van der Waals surface area contributed by atoms with Gasteiger partial charge in [0.2, 0.25) is 0 Å². The predicted molar refractivity (Wildman–Crippen MR) is 109 cm³/mol. The van der Waals surface area contributed by atoms with E-state index in [4.69, 9.17) is 0 Å². The number of rotatable bonds is 4. The van der Waals surface area contributed by atoms with Crippen LogP contribution in [0.25, 0.3) is 15.9 Å². The number of carboxylic acid groups (broad SMARTS) is 1. The number of aromatic nitrogens is 3. The standard InChI is InChI=1S/C18H13N3O4S.C2H6/c22-15-14(18(24)25)16-13(6-7-26-16)20(17(15)23)9-11-8-19-21(10-11)12-4-2-1-3-5-12;1-2/h1-8,10,22H,9H2,(H,24,25);1-2H3. The summed E-state index contributed by atoms with van der Waals surface area (Å²) in [7, 11) is 0. The number of aromatic carboxylic acids is 1. The molecule has 0 radical (unpaired) electrons. The zero-order valence-corrected chi connectivity index (χ0v) is 16.2. The summed E-state index contributed by atoms with van der Waals surface area (Å²) in [4.78, 5) is 23.9. The number of nitrogens with zero attached hydrogens (tertiary/aromatic N) is 3. The lowest BCUT2D eigenvalue weighted by Crippen LogP contribution is -2.22. The number of carboxylic acids is 1. The van der Waals surface area contributed by atoms with E-state index in [-0.39, 0.29) is 12.1 Å². The zero-order valence-electron chi connectivity index (χ0n) is 15.4. The molecule has 2 N–H and O–H groups in total. The fraction of sp³-hybridized carbons (Fsp3) is 0.150. The molecule has 0 saturated heterocycles. The highest BCUT2D eigenvalue weighted by Gasteiger charge is 2.22. The van der Waals surface area contributed by atoms with Gasteiger partial charge < -0.3 is 10.2 Å². The maximum Gasteiger partial charge on any atom is 0.341 e. The third kappa shape index (κ3) is 3.41. The largest absolute Gasteiger partial charge is 0.502 e. The minimum atomic E-state index is -1.32. The van der Waals surface area contributed by atoms with Crippen molar-refractivity contribution in [1.82, 2.24) is 14.3 Å². The summed E-state index contributed by atoms with van der Waals surface area (Å²) < 4.78 is 3.42. The van der Waals surface area contributed by atoms with Gasteiger partial charge in [0.05, 0.1) is 28.6 Å². The summed E-state index contributed by atoms with van der Waals surface area (Å²) >= 11 is 1.17. The Hall–Kier alpha value is -3.39. The predicted octanol–water partition coefficient (Wildman–Crippen LogP) is 3.73. The van der Waals surface area contributed by atoms with Crippen molar-refractivity contribution < 1.29 is 15.0 Å². The summed E-state index contributed by atoms with van der Waals surface area (Å²) in [6, 6.07) is 11.2. The van der Waals surface area contributed by atoms with E-state index in [1.807, 2.05) is 44.2 Å². The van der Waals surface area contributed by atoms with Crippen LogP contribution in [0.3, 0.4) is 0 Å². The maximum atomic E-state index is 12.5. The van der Waals surface area contributed by atoms with Crippen LogP contribution in [-0.4, -0.2) is 30.5 Å². The van der Waals surface area contributed by atoms with Crippen LogP contribution in [0.1, 0.15) is 29.8 Å². The molecule has 144 valence electrons. The first-order chi connectivity index (χ1) is 13.6. The fourth-order valence-corrected chi connectivity index (χ4v) is 3.79. The Morgan fingerprint density at radius 3 is 2.57 bits per heavy atom. The number of benzene rings is 1. The Morgan fingerprint density at radius 2 is 1.89 bits per heavy atom. The zero-order chi connectivity index (χ0) is 20.3. The van der Waals surface area contributed by atoms with Crippen LogP contribution in [0, 0.1) is 0 Å². The number of hydrogen-bond acceptors (Lipinski definition) is 5. The Labute approximate surface area is 164 Å². The van der Waals surface area contributed by atoms with Crippen molar-refractivity contribution in [2.24, 2.45) is 0 Å². The Morgan fingerprint density at radius 1 is 1.18 bits per heavy atom. The molecule has 7 nitrogen and oxygen atoms in total. The third-order valence-electron chi connectivity index (χ3n) is 4.06. The van der Waals surface area contributed by atoms with E-state index in [9.17, 15) is 19.8 Å². The number of para-hydroxylation sites is 1. The lowest BCUT2D eigenvalue weighted by Gasteiger charge is -2.09. The van der Waals surface area contributed by atoms with Gasteiger partial charge in [0, 0.05) is 11.8 Å². The number of thiophene rings is 1. The first kappa shape index (κ1) is 19.4. The number of fused-ring (bicyclic) bond motifs is 1. The van der Waals surface area contributed by atoms with Gasteiger partial charge in [-0.2, -0.15) is 5.10 Å². The molecule has 0 fully saturated rings. The average molecular weight is 397 g/mol. The van der Waals surface area contributed by atoms with Gasteiger partial charge >= 0.3 is 5.97 Å². The van der Waals surface area contributed by atoms with Crippen LogP contribution < -0.4 is 5.56 Å². The first-order valence-corrected chi connectivity index (χ1v) is 9.59. The fourth-order valence-electron chi connectivity index (χ4n) is 2.86. The molecule has 0 aliphatic carbocycles. The van der Waals surface area contributed by atoms with E-state index in [0.717, 1.165) is 11.3 Å². The van der Waals surface area contributed by atoms with E-state index in [2.05, 4.69) is 5.10 Å². The highest BCUT2D eigenvalue weighted by molar-refractivity contribution is 7.17. The molecule has 3 aromatic heterocycles. The molecule has 1 aromatic carbocycles.